The molecule has 0 spiro atoms. The third kappa shape index (κ3) is 2.82. The minimum atomic E-state index is -2.65. The number of hydrogen-bond donors (Lipinski definition) is 0. The standard InChI is InChI=1S/C25H18.2CH3.Sn/c1-3-11-20(12-4-1)24-17-9-7-15-22(24)19-23-16-8-10-18-25(23)21-13-5-2-6-14-21;;;/h1-14,17-18H,19H2;2*1H3;. The molecule has 0 bridgehead atoms. The normalized spacial score (nSPS) is 14.2. The Morgan fingerprint density at radius 1 is 0.500 bits per heavy atom. The quantitative estimate of drug-likeness (QED) is 0.330. The second-order valence-electron chi connectivity index (χ2n) is 8.20. The van der Waals surface area contributed by atoms with E-state index in [1.807, 2.05) is 0 Å². The summed E-state index contributed by atoms with van der Waals surface area (Å²) in [7, 11) is 0. The molecule has 136 valence electrons. The maximum absolute atomic E-state index is 2.65. The summed E-state index contributed by atoms with van der Waals surface area (Å²) < 4.78 is 3.32. The summed E-state index contributed by atoms with van der Waals surface area (Å²) in [5, 5.41) is 0. The molecule has 0 saturated heterocycles. The molecule has 0 saturated carbocycles. The Hall–Kier alpha value is -2.32. The molecular formula is C27H24Sn. The van der Waals surface area contributed by atoms with Gasteiger partial charge in [-0.05, 0) is 0 Å². The molecule has 0 aliphatic carbocycles. The van der Waals surface area contributed by atoms with E-state index in [0.717, 1.165) is 6.42 Å². The van der Waals surface area contributed by atoms with Gasteiger partial charge < -0.3 is 0 Å². The van der Waals surface area contributed by atoms with Gasteiger partial charge in [0.2, 0.25) is 0 Å². The molecule has 0 radical (unpaired) electrons. The van der Waals surface area contributed by atoms with Crippen LogP contribution in [-0.4, -0.2) is 18.4 Å². The van der Waals surface area contributed by atoms with Gasteiger partial charge in [-0.2, -0.15) is 0 Å². The van der Waals surface area contributed by atoms with E-state index in [2.05, 4.69) is 107 Å². The van der Waals surface area contributed by atoms with Gasteiger partial charge in [-0.1, -0.05) is 0 Å². The number of hydrogen-bond acceptors (Lipinski definition) is 0. The zero-order valence-corrected chi connectivity index (χ0v) is 19.3. The van der Waals surface area contributed by atoms with Crippen LogP contribution in [0, 0.1) is 0 Å². The monoisotopic (exact) mass is 468 g/mol. The SMILES string of the molecule is [CH3][Sn]1([CH3])[c]2cccc(-c3ccccc3)c2Cc2c(-c3ccccc3)ccc[c]21. The van der Waals surface area contributed by atoms with E-state index in [1.54, 1.807) is 18.3 Å². The first-order valence-corrected chi connectivity index (χ1v) is 18.6. The van der Waals surface area contributed by atoms with Gasteiger partial charge in [-0.25, -0.2) is 0 Å². The predicted molar refractivity (Wildman–Crippen MR) is 123 cm³/mol. The zero-order chi connectivity index (χ0) is 19.1. The van der Waals surface area contributed by atoms with Gasteiger partial charge >= 0.3 is 172 Å². The molecule has 0 aromatic heterocycles. The van der Waals surface area contributed by atoms with Crippen LogP contribution in [0.25, 0.3) is 22.3 Å². The first-order valence-electron chi connectivity index (χ1n) is 10.0. The van der Waals surface area contributed by atoms with Gasteiger partial charge in [0, 0.05) is 0 Å². The molecule has 28 heavy (non-hydrogen) atoms. The van der Waals surface area contributed by atoms with Gasteiger partial charge in [-0.15, -0.1) is 0 Å². The van der Waals surface area contributed by atoms with Gasteiger partial charge in [0.15, 0.2) is 0 Å². The van der Waals surface area contributed by atoms with E-state index in [4.69, 9.17) is 0 Å². The Bertz CT molecular complexity index is 1050. The second kappa shape index (κ2) is 6.93. The number of fused-ring (bicyclic) bond motifs is 2. The van der Waals surface area contributed by atoms with Gasteiger partial charge in [-0.3, -0.25) is 0 Å². The van der Waals surface area contributed by atoms with Crippen molar-refractivity contribution in [3.05, 3.63) is 108 Å². The molecule has 4 aromatic carbocycles. The van der Waals surface area contributed by atoms with Crippen molar-refractivity contribution in [3.63, 3.8) is 0 Å². The van der Waals surface area contributed by atoms with Gasteiger partial charge in [0.25, 0.3) is 0 Å². The van der Waals surface area contributed by atoms with Gasteiger partial charge in [0.05, 0.1) is 0 Å². The van der Waals surface area contributed by atoms with Crippen molar-refractivity contribution in [3.8, 4) is 22.3 Å². The zero-order valence-electron chi connectivity index (χ0n) is 16.4. The maximum atomic E-state index is 2.58. The van der Waals surface area contributed by atoms with Gasteiger partial charge in [0.1, 0.15) is 0 Å². The van der Waals surface area contributed by atoms with Crippen molar-refractivity contribution in [1.29, 1.82) is 0 Å². The van der Waals surface area contributed by atoms with Crippen molar-refractivity contribution >= 4 is 25.5 Å². The first-order chi connectivity index (χ1) is 13.7. The van der Waals surface area contributed by atoms with E-state index in [9.17, 15) is 0 Å². The average molecular weight is 467 g/mol. The third-order valence-electron chi connectivity index (χ3n) is 6.22. The summed E-state index contributed by atoms with van der Waals surface area (Å²) in [5.41, 5.74) is 8.62. The average Bonchev–Trinajstić information content (AvgIpc) is 2.74. The Morgan fingerprint density at radius 3 is 1.36 bits per heavy atom. The van der Waals surface area contributed by atoms with Crippen LogP contribution in [0.5, 0.6) is 0 Å². The minimum absolute atomic E-state index is 1.03. The molecule has 4 aromatic rings. The van der Waals surface area contributed by atoms with Crippen LogP contribution in [0.1, 0.15) is 11.1 Å². The topological polar surface area (TPSA) is 0 Å². The van der Waals surface area contributed by atoms with Crippen LogP contribution in [0.15, 0.2) is 97.1 Å². The summed E-state index contributed by atoms with van der Waals surface area (Å²) in [5.74, 6) is 0. The molecule has 0 nitrogen and oxygen atoms in total. The van der Waals surface area contributed by atoms with Crippen LogP contribution in [0.2, 0.25) is 9.88 Å². The molecule has 1 heteroatoms. The van der Waals surface area contributed by atoms with Crippen LogP contribution in [-0.2, 0) is 6.42 Å². The fourth-order valence-electron chi connectivity index (χ4n) is 4.82. The Morgan fingerprint density at radius 2 is 0.929 bits per heavy atom. The fourth-order valence-corrected chi connectivity index (χ4v) is 14.2. The third-order valence-corrected chi connectivity index (χ3v) is 16.6. The molecule has 0 amide bonds. The Kier molecular flexibility index (Phi) is 4.40. The molecule has 1 aliphatic rings. The van der Waals surface area contributed by atoms with Crippen molar-refractivity contribution in [2.75, 3.05) is 0 Å². The number of benzene rings is 4. The van der Waals surface area contributed by atoms with E-state index in [0.29, 0.717) is 0 Å². The second-order valence-corrected chi connectivity index (χ2v) is 20.5. The summed E-state index contributed by atoms with van der Waals surface area (Å²) in [6.07, 6.45) is 1.03. The molecule has 0 unspecified atom stereocenters. The number of rotatable bonds is 2. The van der Waals surface area contributed by atoms with E-state index < -0.39 is 18.4 Å². The first kappa shape index (κ1) is 17.8. The fraction of sp³-hybridized carbons (Fsp3) is 0.111. The molecule has 1 heterocycles. The summed E-state index contributed by atoms with van der Waals surface area (Å²) in [6, 6.07) is 35.8. The molecule has 5 rings (SSSR count). The van der Waals surface area contributed by atoms with E-state index in [-0.39, 0.29) is 0 Å². The van der Waals surface area contributed by atoms with Crippen LogP contribution in [0.3, 0.4) is 0 Å². The predicted octanol–water partition coefficient (Wildman–Crippen LogP) is 5.75. The molecular weight excluding hydrogens is 443 g/mol. The summed E-state index contributed by atoms with van der Waals surface area (Å²) in [4.78, 5) is 5.16. The molecule has 1 aliphatic heterocycles. The van der Waals surface area contributed by atoms with Crippen LogP contribution in [0.4, 0.5) is 0 Å². The Labute approximate surface area is 171 Å². The molecule has 0 N–H and O–H groups in total. The van der Waals surface area contributed by atoms with Crippen LogP contribution >= 0.6 is 0 Å². The van der Waals surface area contributed by atoms with Crippen molar-refractivity contribution in [2.45, 2.75) is 16.3 Å². The van der Waals surface area contributed by atoms with Crippen molar-refractivity contribution in [1.82, 2.24) is 0 Å². The van der Waals surface area contributed by atoms with E-state index in [1.165, 1.54) is 22.3 Å². The summed E-state index contributed by atoms with van der Waals surface area (Å²) >= 11 is -2.65. The Balaban J connectivity index is 1.76. The van der Waals surface area contributed by atoms with Crippen molar-refractivity contribution < 1.29 is 0 Å². The van der Waals surface area contributed by atoms with E-state index >= 15 is 0 Å². The summed E-state index contributed by atoms with van der Waals surface area (Å²) in [6.45, 7) is 0. The molecule has 0 atom stereocenters. The molecule has 0 fully saturated rings. The van der Waals surface area contributed by atoms with Crippen molar-refractivity contribution in [2.24, 2.45) is 0 Å². The van der Waals surface area contributed by atoms with Crippen LogP contribution < -0.4 is 7.16 Å².